The average Bonchev–Trinajstić information content (AvgIpc) is 3.07. The Morgan fingerprint density at radius 2 is 1.54 bits per heavy atom. The van der Waals surface area contributed by atoms with Gasteiger partial charge in [0, 0.05) is 66.4 Å². The molecule has 41 heavy (non-hydrogen) atoms. The summed E-state index contributed by atoms with van der Waals surface area (Å²) >= 11 is 0. The molecule has 1 N–H and O–H groups in total. The molecule has 0 amide bonds. The molecule has 224 valence electrons. The standard InChI is InChI=1S/C32H42O9/c1-15(11-18(34)12-16(2)28(39)40)19-13-23(37)32(8)24-20(35)14-21-29(4,5)22(36)9-10-30(21,6)25(24)26(38)27(31(19,32)7)41-17(3)33/h15-16,19,21,27H,9-14H2,1-8H3,(H,39,40)/t15-,16+,19-,21-,27-,30+,31-,32+/m1/s1. The zero-order valence-corrected chi connectivity index (χ0v) is 25.3. The maximum Gasteiger partial charge on any atom is 0.306 e. The van der Waals surface area contributed by atoms with Crippen molar-refractivity contribution in [1.82, 2.24) is 0 Å². The van der Waals surface area contributed by atoms with E-state index in [0.717, 1.165) is 0 Å². The van der Waals surface area contributed by atoms with Crippen LogP contribution in [0.2, 0.25) is 0 Å². The molecular formula is C32H42O9. The topological polar surface area (TPSA) is 149 Å². The number of rotatable bonds is 7. The van der Waals surface area contributed by atoms with Crippen LogP contribution < -0.4 is 0 Å². The molecule has 9 heteroatoms. The van der Waals surface area contributed by atoms with Crippen LogP contribution in [0.25, 0.3) is 0 Å². The summed E-state index contributed by atoms with van der Waals surface area (Å²) in [5.41, 5.74) is -4.09. The fourth-order valence-corrected chi connectivity index (χ4v) is 8.99. The molecule has 0 aliphatic heterocycles. The van der Waals surface area contributed by atoms with E-state index in [-0.39, 0.29) is 66.4 Å². The molecule has 0 spiro atoms. The number of esters is 1. The Hall–Kier alpha value is -2.97. The number of ether oxygens (including phenoxy) is 1. The molecule has 4 aliphatic rings. The minimum Gasteiger partial charge on any atom is -0.481 e. The minimum atomic E-state index is -1.46. The molecule has 9 nitrogen and oxygen atoms in total. The zero-order chi connectivity index (χ0) is 31.0. The van der Waals surface area contributed by atoms with Gasteiger partial charge in [-0.15, -0.1) is 0 Å². The first-order chi connectivity index (χ1) is 18.8. The van der Waals surface area contributed by atoms with Crippen molar-refractivity contribution in [3.8, 4) is 0 Å². The summed E-state index contributed by atoms with van der Waals surface area (Å²) in [6.07, 6.45) is -0.948. The third-order valence-corrected chi connectivity index (χ3v) is 11.5. The van der Waals surface area contributed by atoms with E-state index in [1.807, 2.05) is 6.92 Å². The summed E-state index contributed by atoms with van der Waals surface area (Å²) in [7, 11) is 0. The molecule has 0 saturated heterocycles. The van der Waals surface area contributed by atoms with Crippen LogP contribution in [0.3, 0.4) is 0 Å². The molecule has 0 aromatic carbocycles. The summed E-state index contributed by atoms with van der Waals surface area (Å²) in [5, 5.41) is 9.23. The lowest BCUT2D eigenvalue weighted by Crippen LogP contribution is -2.64. The molecule has 0 aromatic rings. The average molecular weight is 571 g/mol. The van der Waals surface area contributed by atoms with E-state index in [1.54, 1.807) is 34.6 Å². The SMILES string of the molecule is CC(=O)O[C@@H]1C(=O)C2=C(C(=O)C[C@@H]3C(C)(C)C(=O)CC[C@]23C)[C@]2(C)C(=O)C[C@H]([C@H](C)CC(=O)C[C@H](C)C(=O)O)[C@]12C. The molecule has 2 fully saturated rings. The van der Waals surface area contributed by atoms with E-state index in [1.165, 1.54) is 13.8 Å². The van der Waals surface area contributed by atoms with Gasteiger partial charge in [0.15, 0.2) is 11.9 Å². The lowest BCUT2D eigenvalue weighted by Gasteiger charge is -2.59. The Morgan fingerprint density at radius 3 is 2.10 bits per heavy atom. The number of carbonyl (C=O) groups excluding carboxylic acids is 6. The van der Waals surface area contributed by atoms with Gasteiger partial charge in [0.1, 0.15) is 17.3 Å². The molecule has 2 saturated carbocycles. The van der Waals surface area contributed by atoms with Crippen molar-refractivity contribution in [1.29, 1.82) is 0 Å². The first-order valence-electron chi connectivity index (χ1n) is 14.6. The smallest absolute Gasteiger partial charge is 0.306 e. The first-order valence-corrected chi connectivity index (χ1v) is 14.6. The molecule has 0 bridgehead atoms. The van der Waals surface area contributed by atoms with E-state index < -0.39 is 69.2 Å². The van der Waals surface area contributed by atoms with Gasteiger partial charge < -0.3 is 9.84 Å². The van der Waals surface area contributed by atoms with Crippen molar-refractivity contribution in [3.05, 3.63) is 11.1 Å². The lowest BCUT2D eigenvalue weighted by atomic mass is 9.42. The third-order valence-electron chi connectivity index (χ3n) is 11.5. The molecule has 4 aliphatic carbocycles. The van der Waals surface area contributed by atoms with E-state index in [9.17, 15) is 38.7 Å². The van der Waals surface area contributed by atoms with Gasteiger partial charge in [-0.3, -0.25) is 33.6 Å². The summed E-state index contributed by atoms with van der Waals surface area (Å²) in [5.74, 6) is -5.46. The lowest BCUT2D eigenvalue weighted by molar-refractivity contribution is -0.175. The summed E-state index contributed by atoms with van der Waals surface area (Å²) in [4.78, 5) is 92.3. The van der Waals surface area contributed by atoms with Gasteiger partial charge in [-0.2, -0.15) is 0 Å². The van der Waals surface area contributed by atoms with E-state index in [2.05, 4.69) is 0 Å². The van der Waals surface area contributed by atoms with Crippen LogP contribution in [0, 0.1) is 45.3 Å². The summed E-state index contributed by atoms with van der Waals surface area (Å²) < 4.78 is 5.78. The Morgan fingerprint density at radius 1 is 0.927 bits per heavy atom. The molecular weight excluding hydrogens is 528 g/mol. The molecule has 0 aromatic heterocycles. The van der Waals surface area contributed by atoms with Crippen LogP contribution in [-0.4, -0.2) is 52.1 Å². The highest BCUT2D eigenvalue weighted by Crippen LogP contribution is 2.70. The number of fused-ring (bicyclic) bond motifs is 4. The predicted molar refractivity (Wildman–Crippen MR) is 146 cm³/mol. The second-order valence-corrected chi connectivity index (χ2v) is 14.2. The van der Waals surface area contributed by atoms with Crippen LogP contribution >= 0.6 is 0 Å². The van der Waals surface area contributed by atoms with Crippen molar-refractivity contribution >= 4 is 40.9 Å². The van der Waals surface area contributed by atoms with Crippen molar-refractivity contribution in [2.75, 3.05) is 0 Å². The largest absolute Gasteiger partial charge is 0.481 e. The molecule has 0 heterocycles. The summed E-state index contributed by atoms with van der Waals surface area (Å²) in [6.45, 7) is 13.3. The van der Waals surface area contributed by atoms with Crippen LogP contribution in [0.1, 0.15) is 93.9 Å². The van der Waals surface area contributed by atoms with Crippen LogP contribution in [-0.2, 0) is 38.3 Å². The van der Waals surface area contributed by atoms with Crippen molar-refractivity contribution in [2.45, 2.75) is 100 Å². The van der Waals surface area contributed by atoms with Crippen molar-refractivity contribution in [3.63, 3.8) is 0 Å². The number of hydrogen-bond donors (Lipinski definition) is 1. The van der Waals surface area contributed by atoms with Crippen LogP contribution in [0.4, 0.5) is 0 Å². The predicted octanol–water partition coefficient (Wildman–Crippen LogP) is 4.09. The highest BCUT2D eigenvalue weighted by atomic mass is 16.5. The number of carboxylic acid groups (broad SMARTS) is 1. The van der Waals surface area contributed by atoms with Gasteiger partial charge in [0.2, 0.25) is 5.78 Å². The number of allylic oxidation sites excluding steroid dienone is 1. The van der Waals surface area contributed by atoms with Gasteiger partial charge in [-0.1, -0.05) is 41.5 Å². The highest BCUT2D eigenvalue weighted by Gasteiger charge is 2.74. The molecule has 0 radical (unpaired) electrons. The second kappa shape index (κ2) is 9.80. The molecule has 0 unspecified atom stereocenters. The van der Waals surface area contributed by atoms with Gasteiger partial charge in [0.25, 0.3) is 0 Å². The van der Waals surface area contributed by atoms with Crippen molar-refractivity contribution < 1.29 is 43.4 Å². The Balaban J connectivity index is 1.89. The quantitative estimate of drug-likeness (QED) is 0.447. The van der Waals surface area contributed by atoms with Gasteiger partial charge in [-0.05, 0) is 31.1 Å². The van der Waals surface area contributed by atoms with Gasteiger partial charge in [0.05, 0.1) is 11.3 Å². The second-order valence-electron chi connectivity index (χ2n) is 14.2. The number of carbonyl (C=O) groups is 7. The van der Waals surface area contributed by atoms with Crippen LogP contribution in [0.5, 0.6) is 0 Å². The fraction of sp³-hybridized carbons (Fsp3) is 0.719. The fourth-order valence-electron chi connectivity index (χ4n) is 8.99. The number of carboxylic acids is 1. The third kappa shape index (κ3) is 4.20. The van der Waals surface area contributed by atoms with Crippen LogP contribution in [0.15, 0.2) is 11.1 Å². The maximum atomic E-state index is 14.6. The van der Waals surface area contributed by atoms with E-state index >= 15 is 0 Å². The van der Waals surface area contributed by atoms with Crippen molar-refractivity contribution in [2.24, 2.45) is 45.3 Å². The van der Waals surface area contributed by atoms with Gasteiger partial charge in [-0.25, -0.2) is 0 Å². The Labute approximate surface area is 240 Å². The Bertz CT molecular complexity index is 1300. The van der Waals surface area contributed by atoms with E-state index in [4.69, 9.17) is 4.74 Å². The monoisotopic (exact) mass is 570 g/mol. The zero-order valence-electron chi connectivity index (χ0n) is 25.3. The number of ketones is 5. The minimum absolute atomic E-state index is 0.0157. The normalized spacial score (nSPS) is 37.6. The van der Waals surface area contributed by atoms with E-state index in [0.29, 0.717) is 6.42 Å². The summed E-state index contributed by atoms with van der Waals surface area (Å²) in [6, 6.07) is 0. The maximum absolute atomic E-state index is 14.6. The molecule has 8 atom stereocenters. The number of hydrogen-bond acceptors (Lipinski definition) is 8. The first kappa shape index (κ1) is 31.0. The molecule has 4 rings (SSSR count). The number of Topliss-reactive ketones (excluding diaryl/α,β-unsaturated/α-hetero) is 5. The Kier molecular flexibility index (Phi) is 7.41. The van der Waals surface area contributed by atoms with Gasteiger partial charge >= 0.3 is 11.9 Å². The highest BCUT2D eigenvalue weighted by molar-refractivity contribution is 6.18. The number of aliphatic carboxylic acids is 1.